The molecule has 4 nitrogen and oxygen atoms in total. The van der Waals surface area contributed by atoms with Gasteiger partial charge in [-0.1, -0.05) is 0 Å². The Morgan fingerprint density at radius 2 is 2.12 bits per heavy atom. The number of hydrogen-bond donors (Lipinski definition) is 1. The van der Waals surface area contributed by atoms with Crippen LogP contribution >= 0.6 is 22.6 Å². The second-order valence-electron chi connectivity index (χ2n) is 2.70. The van der Waals surface area contributed by atoms with Crippen LogP contribution in [0, 0.1) is 3.70 Å². The van der Waals surface area contributed by atoms with Crippen molar-refractivity contribution in [2.45, 2.75) is 12.9 Å². The molecule has 0 unspecified atom stereocenters. The fraction of sp³-hybridized carbons (Fsp3) is 0.375. The molecule has 16 heavy (non-hydrogen) atoms. The van der Waals surface area contributed by atoms with Gasteiger partial charge in [0.1, 0.15) is 3.70 Å². The van der Waals surface area contributed by atoms with Crippen LogP contribution in [0.2, 0.25) is 0 Å². The number of hydrogen-bond acceptors (Lipinski definition) is 4. The third-order valence-corrected chi connectivity index (χ3v) is 2.55. The summed E-state index contributed by atoms with van der Waals surface area (Å²) >= 11 is 1.86. The molecule has 2 N–H and O–H groups in total. The van der Waals surface area contributed by atoms with Crippen LogP contribution in [-0.2, 0) is 6.54 Å². The third-order valence-electron chi connectivity index (χ3n) is 1.62. The van der Waals surface area contributed by atoms with Crippen molar-refractivity contribution < 1.29 is 22.6 Å². The quantitative estimate of drug-likeness (QED) is 0.671. The lowest BCUT2D eigenvalue weighted by Crippen LogP contribution is -2.18. The number of rotatable bonds is 3. The molecule has 1 aromatic rings. The van der Waals surface area contributed by atoms with Gasteiger partial charge in [-0.3, -0.25) is 0 Å². The number of aromatic nitrogens is 1. The maximum Gasteiger partial charge on any atom is 0.573 e. The van der Waals surface area contributed by atoms with E-state index < -0.39 is 12.1 Å². The van der Waals surface area contributed by atoms with Gasteiger partial charge in [0.2, 0.25) is 0 Å². The number of alkyl halides is 3. The minimum Gasteiger partial charge on any atom is -0.478 e. The van der Waals surface area contributed by atoms with Crippen molar-refractivity contribution in [3.8, 4) is 11.6 Å². The molecule has 90 valence electrons. The lowest BCUT2D eigenvalue weighted by atomic mass is 10.3. The number of pyridine rings is 1. The monoisotopic (exact) mass is 348 g/mol. The van der Waals surface area contributed by atoms with Crippen molar-refractivity contribution in [1.82, 2.24) is 4.98 Å². The Kier molecular flexibility index (Phi) is 4.19. The van der Waals surface area contributed by atoms with Crippen molar-refractivity contribution in [3.63, 3.8) is 0 Å². The molecular weight excluding hydrogens is 340 g/mol. The predicted molar refractivity (Wildman–Crippen MR) is 58.1 cm³/mol. The summed E-state index contributed by atoms with van der Waals surface area (Å²) in [5.41, 5.74) is 5.81. The first-order valence-electron chi connectivity index (χ1n) is 4.06. The molecule has 0 aliphatic rings. The van der Waals surface area contributed by atoms with E-state index in [1.807, 2.05) is 22.6 Å². The fourth-order valence-electron chi connectivity index (χ4n) is 0.983. The molecule has 0 aliphatic carbocycles. The number of methoxy groups -OCH3 is 1. The van der Waals surface area contributed by atoms with Crippen LogP contribution in [-0.4, -0.2) is 18.5 Å². The first kappa shape index (κ1) is 13.3. The van der Waals surface area contributed by atoms with Crippen LogP contribution in [0.4, 0.5) is 13.2 Å². The largest absolute Gasteiger partial charge is 0.573 e. The molecule has 1 heterocycles. The van der Waals surface area contributed by atoms with Crippen LogP contribution in [0.3, 0.4) is 0 Å². The zero-order chi connectivity index (χ0) is 12.3. The number of nitrogens with zero attached hydrogens (tertiary/aromatic N) is 1. The average Bonchev–Trinajstić information content (AvgIpc) is 2.18. The van der Waals surface area contributed by atoms with Gasteiger partial charge in [-0.15, -0.1) is 13.2 Å². The number of halogens is 4. The van der Waals surface area contributed by atoms with Crippen molar-refractivity contribution in [2.24, 2.45) is 5.73 Å². The maximum atomic E-state index is 12.1. The standard InChI is InChI=1S/C8H8F3IN2O2/c1-15-7-5(16-8(9,10)11)2-4(3-13)6(12)14-7/h2H,3,13H2,1H3. The van der Waals surface area contributed by atoms with Crippen LogP contribution < -0.4 is 15.2 Å². The van der Waals surface area contributed by atoms with E-state index in [4.69, 9.17) is 5.73 Å². The Hall–Kier alpha value is -0.770. The topological polar surface area (TPSA) is 57.4 Å². The Morgan fingerprint density at radius 3 is 2.56 bits per heavy atom. The molecule has 0 atom stereocenters. The summed E-state index contributed by atoms with van der Waals surface area (Å²) in [6.07, 6.45) is -4.78. The molecule has 0 bridgehead atoms. The first-order valence-corrected chi connectivity index (χ1v) is 5.14. The maximum absolute atomic E-state index is 12.1. The number of nitrogens with two attached hydrogens (primary N) is 1. The third kappa shape index (κ3) is 3.37. The molecule has 1 aromatic heterocycles. The Bertz CT molecular complexity index is 384. The van der Waals surface area contributed by atoms with E-state index in [1.165, 1.54) is 13.2 Å². The molecule has 0 saturated heterocycles. The van der Waals surface area contributed by atoms with Crippen LogP contribution in [0.5, 0.6) is 11.6 Å². The van der Waals surface area contributed by atoms with Gasteiger partial charge in [-0.25, -0.2) is 4.98 Å². The van der Waals surface area contributed by atoms with E-state index in [0.29, 0.717) is 9.26 Å². The Morgan fingerprint density at radius 1 is 1.50 bits per heavy atom. The Labute approximate surface area is 103 Å². The highest BCUT2D eigenvalue weighted by Gasteiger charge is 2.33. The molecule has 0 fully saturated rings. The summed E-state index contributed by atoms with van der Waals surface area (Å²) in [6.45, 7) is 0.0729. The van der Waals surface area contributed by atoms with Gasteiger partial charge in [-0.2, -0.15) is 0 Å². The zero-order valence-corrected chi connectivity index (χ0v) is 10.3. The smallest absolute Gasteiger partial charge is 0.478 e. The zero-order valence-electron chi connectivity index (χ0n) is 8.14. The van der Waals surface area contributed by atoms with E-state index in [1.54, 1.807) is 0 Å². The molecule has 0 aliphatic heterocycles. The molecule has 0 radical (unpaired) electrons. The van der Waals surface area contributed by atoms with E-state index in [-0.39, 0.29) is 12.4 Å². The fourth-order valence-corrected chi connectivity index (χ4v) is 1.58. The second-order valence-corrected chi connectivity index (χ2v) is 3.72. The predicted octanol–water partition coefficient (Wildman–Crippen LogP) is 2.05. The first-order chi connectivity index (χ1) is 7.37. The van der Waals surface area contributed by atoms with Crippen molar-refractivity contribution in [2.75, 3.05) is 7.11 Å². The van der Waals surface area contributed by atoms with Crippen LogP contribution in [0.1, 0.15) is 5.56 Å². The van der Waals surface area contributed by atoms with Crippen molar-refractivity contribution in [1.29, 1.82) is 0 Å². The minimum absolute atomic E-state index is 0.0729. The second kappa shape index (κ2) is 5.04. The van der Waals surface area contributed by atoms with E-state index in [2.05, 4.69) is 14.5 Å². The average molecular weight is 348 g/mol. The van der Waals surface area contributed by atoms with Gasteiger partial charge in [0.15, 0.2) is 5.75 Å². The molecule has 8 heteroatoms. The molecule has 0 aromatic carbocycles. The minimum atomic E-state index is -4.78. The molecule has 0 amide bonds. The summed E-state index contributed by atoms with van der Waals surface area (Å²) in [4.78, 5) is 3.81. The summed E-state index contributed by atoms with van der Waals surface area (Å²) in [5.74, 6) is -0.713. The lowest BCUT2D eigenvalue weighted by molar-refractivity contribution is -0.275. The highest BCUT2D eigenvalue weighted by atomic mass is 127. The Balaban J connectivity index is 3.15. The molecule has 0 saturated carbocycles. The lowest BCUT2D eigenvalue weighted by Gasteiger charge is -2.13. The van der Waals surface area contributed by atoms with E-state index in [9.17, 15) is 13.2 Å². The highest BCUT2D eigenvalue weighted by Crippen LogP contribution is 2.32. The molecule has 1 rings (SSSR count). The van der Waals surface area contributed by atoms with Gasteiger partial charge in [-0.05, 0) is 28.7 Å². The summed E-state index contributed by atoms with van der Waals surface area (Å²) in [7, 11) is 1.21. The van der Waals surface area contributed by atoms with Crippen molar-refractivity contribution >= 4 is 22.6 Å². The van der Waals surface area contributed by atoms with Crippen LogP contribution in [0.25, 0.3) is 0 Å². The highest BCUT2D eigenvalue weighted by molar-refractivity contribution is 14.1. The van der Waals surface area contributed by atoms with Crippen LogP contribution in [0.15, 0.2) is 6.07 Å². The van der Waals surface area contributed by atoms with Gasteiger partial charge in [0, 0.05) is 12.1 Å². The van der Waals surface area contributed by atoms with E-state index >= 15 is 0 Å². The van der Waals surface area contributed by atoms with Gasteiger partial charge in [0.25, 0.3) is 5.88 Å². The van der Waals surface area contributed by atoms with Gasteiger partial charge < -0.3 is 15.2 Å². The summed E-state index contributed by atoms with van der Waals surface area (Å²) in [6, 6.07) is 1.17. The van der Waals surface area contributed by atoms with Gasteiger partial charge in [0.05, 0.1) is 7.11 Å². The SMILES string of the molecule is COc1nc(I)c(CN)cc1OC(F)(F)F. The van der Waals surface area contributed by atoms with Crippen molar-refractivity contribution in [3.05, 3.63) is 15.3 Å². The normalized spacial score (nSPS) is 11.4. The van der Waals surface area contributed by atoms with Gasteiger partial charge >= 0.3 is 6.36 Å². The molecular formula is C8H8F3IN2O2. The summed E-state index contributed by atoms with van der Waals surface area (Å²) in [5, 5.41) is 0. The number of ether oxygens (including phenoxy) is 2. The molecule has 0 spiro atoms. The van der Waals surface area contributed by atoms with E-state index in [0.717, 1.165) is 0 Å². The summed E-state index contributed by atoms with van der Waals surface area (Å²) < 4.78 is 45.1.